The zero-order chi connectivity index (χ0) is 13.7. The van der Waals surface area contributed by atoms with E-state index in [0.717, 1.165) is 24.1 Å². The van der Waals surface area contributed by atoms with Crippen LogP contribution in [0.5, 0.6) is 0 Å². The second-order valence-corrected chi connectivity index (χ2v) is 6.46. The Hall–Kier alpha value is -0.300. The van der Waals surface area contributed by atoms with Crippen LogP contribution in [0.2, 0.25) is 0 Å². The van der Waals surface area contributed by atoms with Gasteiger partial charge in [-0.05, 0) is 17.7 Å². The van der Waals surface area contributed by atoms with Gasteiger partial charge in [-0.3, -0.25) is 4.79 Å². The minimum Gasteiger partial charge on any atom is -0.355 e. The number of benzene rings is 1. The lowest BCUT2D eigenvalue weighted by molar-refractivity contribution is -0.118. The summed E-state index contributed by atoms with van der Waals surface area (Å²) >= 11 is 4.65. The summed E-state index contributed by atoms with van der Waals surface area (Å²) in [7, 11) is 0. The third-order valence-corrected chi connectivity index (χ3v) is 4.43. The molecule has 1 aliphatic rings. The van der Waals surface area contributed by atoms with Gasteiger partial charge in [0.05, 0.1) is 5.75 Å². The van der Waals surface area contributed by atoms with Crippen molar-refractivity contribution in [2.75, 3.05) is 25.4 Å². The van der Waals surface area contributed by atoms with Crippen LogP contribution in [0, 0.1) is 11.7 Å². The largest absolute Gasteiger partial charge is 0.355 e. The molecular formula is C13H17BrClFN2OS. The molecule has 0 radical (unpaired) electrons. The molecule has 1 aliphatic heterocycles. The van der Waals surface area contributed by atoms with E-state index in [1.807, 2.05) is 6.07 Å². The van der Waals surface area contributed by atoms with Crippen molar-refractivity contribution in [3.05, 3.63) is 34.1 Å². The molecule has 0 spiro atoms. The summed E-state index contributed by atoms with van der Waals surface area (Å²) in [5.74, 6) is 1.24. The summed E-state index contributed by atoms with van der Waals surface area (Å²) in [6.45, 7) is 2.70. The fraction of sp³-hybridized carbons (Fsp3) is 0.462. The highest BCUT2D eigenvalue weighted by molar-refractivity contribution is 9.10. The highest BCUT2D eigenvalue weighted by Gasteiger charge is 2.16. The molecule has 0 saturated carbocycles. The van der Waals surface area contributed by atoms with E-state index < -0.39 is 0 Å². The van der Waals surface area contributed by atoms with E-state index in [-0.39, 0.29) is 24.1 Å². The second kappa shape index (κ2) is 8.87. The summed E-state index contributed by atoms with van der Waals surface area (Å²) in [6, 6.07) is 4.99. The molecule has 2 N–H and O–H groups in total. The van der Waals surface area contributed by atoms with Gasteiger partial charge in [0.15, 0.2) is 0 Å². The third-order valence-electron chi connectivity index (χ3n) is 2.96. The Morgan fingerprint density at radius 2 is 2.25 bits per heavy atom. The van der Waals surface area contributed by atoms with Crippen LogP contribution in [0.4, 0.5) is 4.39 Å². The van der Waals surface area contributed by atoms with Gasteiger partial charge in [-0.25, -0.2) is 4.39 Å². The first kappa shape index (κ1) is 17.8. The molecule has 1 fully saturated rings. The number of nitrogens with one attached hydrogen (secondary N) is 2. The average Bonchev–Trinajstić information content (AvgIpc) is 2.30. The van der Waals surface area contributed by atoms with E-state index in [4.69, 9.17) is 0 Å². The maximum absolute atomic E-state index is 13.5. The van der Waals surface area contributed by atoms with Gasteiger partial charge in [0.25, 0.3) is 0 Å². The van der Waals surface area contributed by atoms with Crippen molar-refractivity contribution < 1.29 is 9.18 Å². The van der Waals surface area contributed by atoms with Crippen molar-refractivity contribution >= 4 is 46.0 Å². The highest BCUT2D eigenvalue weighted by Crippen LogP contribution is 2.19. The van der Waals surface area contributed by atoms with Crippen molar-refractivity contribution in [3.63, 3.8) is 0 Å². The van der Waals surface area contributed by atoms with E-state index in [0.29, 0.717) is 23.0 Å². The topological polar surface area (TPSA) is 41.1 Å². The van der Waals surface area contributed by atoms with E-state index in [9.17, 15) is 9.18 Å². The van der Waals surface area contributed by atoms with Crippen molar-refractivity contribution in [1.82, 2.24) is 10.6 Å². The molecule has 0 unspecified atom stereocenters. The third kappa shape index (κ3) is 5.60. The van der Waals surface area contributed by atoms with Crippen LogP contribution in [0.3, 0.4) is 0 Å². The number of rotatable bonds is 6. The van der Waals surface area contributed by atoms with Crippen LogP contribution in [0.15, 0.2) is 22.7 Å². The standard InChI is InChI=1S/C13H16BrFN2OS.ClH/c14-11-2-1-10(12(15)3-11)7-19-8-13(18)17-6-9-4-16-5-9;/h1-3,9,16H,4-8H2,(H,17,18);1H. The van der Waals surface area contributed by atoms with Crippen molar-refractivity contribution in [1.29, 1.82) is 0 Å². The first-order valence-corrected chi connectivity index (χ1v) is 8.09. The molecule has 1 amide bonds. The SMILES string of the molecule is Cl.O=C(CSCc1ccc(Br)cc1F)NCC1CNC1. The molecule has 1 heterocycles. The summed E-state index contributed by atoms with van der Waals surface area (Å²) in [4.78, 5) is 11.6. The Morgan fingerprint density at radius 3 is 2.85 bits per heavy atom. The summed E-state index contributed by atoms with van der Waals surface area (Å²) in [5.41, 5.74) is 0.629. The number of carbonyl (C=O) groups is 1. The summed E-state index contributed by atoms with van der Waals surface area (Å²) < 4.78 is 14.3. The van der Waals surface area contributed by atoms with Gasteiger partial charge in [-0.1, -0.05) is 22.0 Å². The van der Waals surface area contributed by atoms with E-state index in [1.54, 1.807) is 6.07 Å². The van der Waals surface area contributed by atoms with E-state index >= 15 is 0 Å². The molecule has 0 aliphatic carbocycles. The van der Waals surface area contributed by atoms with Crippen molar-refractivity contribution in [3.8, 4) is 0 Å². The maximum atomic E-state index is 13.5. The molecule has 1 aromatic rings. The zero-order valence-electron chi connectivity index (χ0n) is 10.8. The number of halogens is 3. The fourth-order valence-corrected chi connectivity index (χ4v) is 2.87. The first-order chi connectivity index (χ1) is 9.15. The molecule has 7 heteroatoms. The van der Waals surface area contributed by atoms with Gasteiger partial charge >= 0.3 is 0 Å². The Bertz CT molecular complexity index is 460. The molecule has 0 atom stereocenters. The Morgan fingerprint density at radius 1 is 1.50 bits per heavy atom. The van der Waals surface area contributed by atoms with E-state index in [2.05, 4.69) is 26.6 Å². The van der Waals surface area contributed by atoms with Crippen LogP contribution in [0.25, 0.3) is 0 Å². The molecule has 112 valence electrons. The Kier molecular flexibility index (Phi) is 7.87. The van der Waals surface area contributed by atoms with Gasteiger partial charge in [0.1, 0.15) is 5.82 Å². The molecular weight excluding hydrogens is 367 g/mol. The fourth-order valence-electron chi connectivity index (χ4n) is 1.69. The Labute approximate surface area is 137 Å². The lowest BCUT2D eigenvalue weighted by atomic mass is 10.0. The Balaban J connectivity index is 0.00000200. The monoisotopic (exact) mass is 382 g/mol. The predicted octanol–water partition coefficient (Wildman–Crippen LogP) is 2.58. The lowest BCUT2D eigenvalue weighted by Gasteiger charge is -2.27. The zero-order valence-corrected chi connectivity index (χ0v) is 14.0. The molecule has 0 bridgehead atoms. The normalized spacial score (nSPS) is 14.3. The molecule has 20 heavy (non-hydrogen) atoms. The van der Waals surface area contributed by atoms with E-state index in [1.165, 1.54) is 17.8 Å². The van der Waals surface area contributed by atoms with Crippen molar-refractivity contribution in [2.45, 2.75) is 5.75 Å². The predicted molar refractivity (Wildman–Crippen MR) is 86.9 cm³/mol. The van der Waals surface area contributed by atoms with Gasteiger partial charge in [0.2, 0.25) is 5.91 Å². The number of thioether (sulfide) groups is 1. The summed E-state index contributed by atoms with van der Waals surface area (Å²) in [6.07, 6.45) is 0. The smallest absolute Gasteiger partial charge is 0.230 e. The quantitative estimate of drug-likeness (QED) is 0.793. The van der Waals surface area contributed by atoms with Crippen LogP contribution >= 0.6 is 40.1 Å². The maximum Gasteiger partial charge on any atom is 0.230 e. The van der Waals surface area contributed by atoms with Crippen LogP contribution < -0.4 is 10.6 Å². The van der Waals surface area contributed by atoms with Crippen LogP contribution in [0.1, 0.15) is 5.56 Å². The van der Waals surface area contributed by atoms with Crippen LogP contribution in [-0.2, 0) is 10.5 Å². The van der Waals surface area contributed by atoms with Gasteiger partial charge in [-0.15, -0.1) is 24.2 Å². The molecule has 1 saturated heterocycles. The summed E-state index contributed by atoms with van der Waals surface area (Å²) in [5, 5.41) is 6.05. The molecule has 3 nitrogen and oxygen atoms in total. The first-order valence-electron chi connectivity index (χ1n) is 6.14. The minimum atomic E-state index is -0.233. The van der Waals surface area contributed by atoms with Gasteiger partial charge < -0.3 is 10.6 Å². The average molecular weight is 384 g/mol. The molecule has 0 aromatic heterocycles. The number of hydrogen-bond donors (Lipinski definition) is 2. The molecule has 2 rings (SSSR count). The molecule has 1 aromatic carbocycles. The van der Waals surface area contributed by atoms with Gasteiger partial charge in [0, 0.05) is 35.8 Å². The number of amides is 1. The lowest BCUT2D eigenvalue weighted by Crippen LogP contribution is -2.48. The van der Waals surface area contributed by atoms with Crippen LogP contribution in [-0.4, -0.2) is 31.3 Å². The number of carbonyl (C=O) groups excluding carboxylic acids is 1. The van der Waals surface area contributed by atoms with Gasteiger partial charge in [-0.2, -0.15) is 0 Å². The van der Waals surface area contributed by atoms with Crippen molar-refractivity contribution in [2.24, 2.45) is 5.92 Å². The second-order valence-electron chi connectivity index (χ2n) is 4.56. The number of hydrogen-bond acceptors (Lipinski definition) is 3. The highest BCUT2D eigenvalue weighted by atomic mass is 79.9. The minimum absolute atomic E-state index is 0.